The summed E-state index contributed by atoms with van der Waals surface area (Å²) in [6.07, 6.45) is 0. The second kappa shape index (κ2) is 8.41. The van der Waals surface area contributed by atoms with Crippen LogP contribution in [0.15, 0.2) is 97.1 Å². The Morgan fingerprint density at radius 1 is 0.600 bits per heavy atom. The van der Waals surface area contributed by atoms with Gasteiger partial charge >= 0.3 is 0 Å². The highest BCUT2D eigenvalue weighted by Gasteiger charge is 2.20. The summed E-state index contributed by atoms with van der Waals surface area (Å²) in [6.45, 7) is 0. The molecule has 0 saturated heterocycles. The van der Waals surface area contributed by atoms with E-state index in [2.05, 4.69) is 0 Å². The number of ketones is 1. The van der Waals surface area contributed by atoms with Gasteiger partial charge in [-0.2, -0.15) is 0 Å². The Morgan fingerprint density at radius 3 is 1.77 bits per heavy atom. The summed E-state index contributed by atoms with van der Waals surface area (Å²) in [4.78, 5) is 13.2. The third-order valence-corrected chi connectivity index (χ3v) is 4.47. The molecule has 148 valence electrons. The number of benzene rings is 4. The molecule has 0 radical (unpaired) electrons. The minimum absolute atomic E-state index is 0.163. The average molecular weight is 396 g/mol. The molecular formula is C25H20N2O3. The number of para-hydroxylation sites is 1. The maximum atomic E-state index is 13.2. The minimum atomic E-state index is -0.163. The van der Waals surface area contributed by atoms with Crippen LogP contribution in [-0.4, -0.2) is 5.78 Å². The molecule has 4 N–H and O–H groups in total. The molecule has 0 saturated carbocycles. The first-order chi connectivity index (χ1) is 14.6. The van der Waals surface area contributed by atoms with Crippen LogP contribution in [0.1, 0.15) is 15.9 Å². The molecule has 0 heterocycles. The number of nitrogen functional groups attached to an aromatic ring is 2. The van der Waals surface area contributed by atoms with Crippen LogP contribution in [-0.2, 0) is 0 Å². The van der Waals surface area contributed by atoms with E-state index in [-0.39, 0.29) is 5.78 Å². The fourth-order valence-electron chi connectivity index (χ4n) is 2.94. The Hall–Kier alpha value is -4.25. The van der Waals surface area contributed by atoms with Gasteiger partial charge in [0.1, 0.15) is 11.5 Å². The SMILES string of the molecule is Nc1ccc(Oc2cccc(C(=O)c3ccccc3)c2Oc2ccc(N)cc2)cc1. The number of rotatable bonds is 6. The predicted octanol–water partition coefficient (Wildman–Crippen LogP) is 5.67. The quantitative estimate of drug-likeness (QED) is 0.324. The first-order valence-corrected chi connectivity index (χ1v) is 9.40. The van der Waals surface area contributed by atoms with Crippen LogP contribution in [0.25, 0.3) is 0 Å². The monoisotopic (exact) mass is 396 g/mol. The molecule has 4 aromatic carbocycles. The van der Waals surface area contributed by atoms with Gasteiger partial charge in [0, 0.05) is 16.9 Å². The average Bonchev–Trinajstić information content (AvgIpc) is 2.78. The van der Waals surface area contributed by atoms with Crippen molar-refractivity contribution >= 4 is 17.2 Å². The normalized spacial score (nSPS) is 10.4. The van der Waals surface area contributed by atoms with Gasteiger partial charge < -0.3 is 20.9 Å². The van der Waals surface area contributed by atoms with Gasteiger partial charge in [-0.15, -0.1) is 0 Å². The molecule has 0 aromatic heterocycles. The fraction of sp³-hybridized carbons (Fsp3) is 0. The molecule has 0 fully saturated rings. The van der Waals surface area contributed by atoms with Crippen molar-refractivity contribution in [2.75, 3.05) is 11.5 Å². The number of anilines is 2. The Labute approximate surface area is 174 Å². The number of hydrogen-bond donors (Lipinski definition) is 2. The zero-order valence-electron chi connectivity index (χ0n) is 16.1. The lowest BCUT2D eigenvalue weighted by Gasteiger charge is -2.16. The minimum Gasteiger partial charge on any atom is -0.453 e. The first-order valence-electron chi connectivity index (χ1n) is 9.40. The van der Waals surface area contributed by atoms with E-state index >= 15 is 0 Å². The van der Waals surface area contributed by atoms with Crippen molar-refractivity contribution in [2.24, 2.45) is 0 Å². The van der Waals surface area contributed by atoms with Crippen molar-refractivity contribution in [2.45, 2.75) is 0 Å². The summed E-state index contributed by atoms with van der Waals surface area (Å²) < 4.78 is 12.1. The molecule has 0 atom stereocenters. The molecule has 0 aliphatic heterocycles. The molecular weight excluding hydrogens is 376 g/mol. The molecule has 4 rings (SSSR count). The molecule has 30 heavy (non-hydrogen) atoms. The number of nitrogens with two attached hydrogens (primary N) is 2. The van der Waals surface area contributed by atoms with Crippen molar-refractivity contribution in [3.8, 4) is 23.0 Å². The summed E-state index contributed by atoms with van der Waals surface area (Å²) in [5.41, 5.74) is 13.7. The van der Waals surface area contributed by atoms with E-state index in [1.54, 1.807) is 78.9 Å². The van der Waals surface area contributed by atoms with Crippen molar-refractivity contribution in [1.82, 2.24) is 0 Å². The zero-order chi connectivity index (χ0) is 20.9. The molecule has 4 aromatic rings. The molecule has 0 amide bonds. The van der Waals surface area contributed by atoms with Crippen LogP contribution in [0.5, 0.6) is 23.0 Å². The highest BCUT2D eigenvalue weighted by atomic mass is 16.5. The van der Waals surface area contributed by atoms with E-state index in [9.17, 15) is 4.79 Å². The highest BCUT2D eigenvalue weighted by molar-refractivity contribution is 6.11. The van der Waals surface area contributed by atoms with Gasteiger partial charge in [0.25, 0.3) is 0 Å². The van der Waals surface area contributed by atoms with Crippen LogP contribution >= 0.6 is 0 Å². The van der Waals surface area contributed by atoms with Gasteiger partial charge in [-0.25, -0.2) is 0 Å². The third kappa shape index (κ3) is 4.25. The standard InChI is InChI=1S/C25H20N2O3/c26-18-9-13-20(14-10-18)29-23-8-4-7-22(24(28)17-5-2-1-3-6-17)25(23)30-21-15-11-19(27)12-16-21/h1-16H,26-27H2. The smallest absolute Gasteiger partial charge is 0.196 e. The van der Waals surface area contributed by atoms with Gasteiger partial charge in [-0.05, 0) is 60.7 Å². The lowest BCUT2D eigenvalue weighted by molar-refractivity contribution is 0.103. The van der Waals surface area contributed by atoms with E-state index in [1.165, 1.54) is 0 Å². The van der Waals surface area contributed by atoms with Crippen molar-refractivity contribution in [1.29, 1.82) is 0 Å². The molecule has 0 spiro atoms. The third-order valence-electron chi connectivity index (χ3n) is 4.47. The fourth-order valence-corrected chi connectivity index (χ4v) is 2.94. The molecule has 0 unspecified atom stereocenters. The number of carbonyl (C=O) groups excluding carboxylic acids is 1. The van der Waals surface area contributed by atoms with E-state index < -0.39 is 0 Å². The van der Waals surface area contributed by atoms with Crippen LogP contribution < -0.4 is 20.9 Å². The number of carbonyl (C=O) groups is 1. The summed E-state index contributed by atoms with van der Waals surface area (Å²) in [7, 11) is 0. The first kappa shape index (κ1) is 19.1. The highest BCUT2D eigenvalue weighted by Crippen LogP contribution is 2.39. The lowest BCUT2D eigenvalue weighted by atomic mass is 10.0. The van der Waals surface area contributed by atoms with E-state index in [1.807, 2.05) is 18.2 Å². The Morgan fingerprint density at radius 2 is 1.17 bits per heavy atom. The van der Waals surface area contributed by atoms with Crippen LogP contribution in [0, 0.1) is 0 Å². The molecule has 0 aliphatic rings. The predicted molar refractivity (Wildman–Crippen MR) is 118 cm³/mol. The molecule has 0 aliphatic carbocycles. The Kier molecular flexibility index (Phi) is 5.35. The van der Waals surface area contributed by atoms with E-state index in [0.717, 1.165) is 0 Å². The summed E-state index contributed by atoms with van der Waals surface area (Å²) in [6, 6.07) is 28.2. The van der Waals surface area contributed by atoms with Crippen molar-refractivity contribution < 1.29 is 14.3 Å². The van der Waals surface area contributed by atoms with Crippen LogP contribution in [0.2, 0.25) is 0 Å². The number of ether oxygens (including phenoxy) is 2. The van der Waals surface area contributed by atoms with Gasteiger partial charge in [0.05, 0.1) is 5.56 Å². The van der Waals surface area contributed by atoms with Crippen molar-refractivity contribution in [3.05, 3.63) is 108 Å². The molecule has 5 nitrogen and oxygen atoms in total. The van der Waals surface area contributed by atoms with Crippen molar-refractivity contribution in [3.63, 3.8) is 0 Å². The van der Waals surface area contributed by atoms with E-state index in [4.69, 9.17) is 20.9 Å². The topological polar surface area (TPSA) is 87.6 Å². The van der Waals surface area contributed by atoms with E-state index in [0.29, 0.717) is 45.5 Å². The second-order valence-corrected chi connectivity index (χ2v) is 6.67. The second-order valence-electron chi connectivity index (χ2n) is 6.67. The Balaban J connectivity index is 1.77. The zero-order valence-corrected chi connectivity index (χ0v) is 16.1. The molecule has 0 bridgehead atoms. The van der Waals surface area contributed by atoms with Crippen LogP contribution in [0.3, 0.4) is 0 Å². The maximum absolute atomic E-state index is 13.2. The van der Waals surface area contributed by atoms with Gasteiger partial charge in [-0.3, -0.25) is 4.79 Å². The summed E-state index contributed by atoms with van der Waals surface area (Å²) >= 11 is 0. The number of hydrogen-bond acceptors (Lipinski definition) is 5. The van der Waals surface area contributed by atoms with Gasteiger partial charge in [-0.1, -0.05) is 36.4 Å². The lowest BCUT2D eigenvalue weighted by Crippen LogP contribution is -2.05. The van der Waals surface area contributed by atoms with Gasteiger partial charge in [0.15, 0.2) is 17.3 Å². The largest absolute Gasteiger partial charge is 0.453 e. The van der Waals surface area contributed by atoms with Crippen LogP contribution in [0.4, 0.5) is 11.4 Å². The molecule has 5 heteroatoms. The summed E-state index contributed by atoms with van der Waals surface area (Å²) in [5, 5.41) is 0. The summed E-state index contributed by atoms with van der Waals surface area (Å²) in [5.74, 6) is 1.70. The maximum Gasteiger partial charge on any atom is 0.196 e. The Bertz CT molecular complexity index is 1160. The van der Waals surface area contributed by atoms with Gasteiger partial charge in [0.2, 0.25) is 0 Å².